The molecule has 1 fully saturated rings. The Morgan fingerprint density at radius 1 is 1.02 bits per heavy atom. The first-order valence-corrected chi connectivity index (χ1v) is 16.5. The van der Waals surface area contributed by atoms with Gasteiger partial charge in [-0.15, -0.1) is 0 Å². The molecule has 3 rings (SSSR count). The van der Waals surface area contributed by atoms with Gasteiger partial charge in [-0.2, -0.15) is 0 Å². The number of aliphatic hydroxyl groups excluding tert-OH is 1. The predicted octanol–water partition coefficient (Wildman–Crippen LogP) is -0.398. The fraction of sp³-hybridized carbons (Fsp3) is 0.486. The number of likely N-dealkylation sites (N-methyl/N-ethyl adjacent to an activating group) is 2. The highest BCUT2D eigenvalue weighted by Gasteiger charge is 2.41. The van der Waals surface area contributed by atoms with E-state index in [-0.39, 0.29) is 31.3 Å². The number of hydrogen-bond donors (Lipinski definition) is 6. The number of benzene rings is 2. The van der Waals surface area contributed by atoms with Crippen LogP contribution in [0.15, 0.2) is 54.6 Å². The number of anilines is 1. The van der Waals surface area contributed by atoms with Crippen LogP contribution in [0.25, 0.3) is 0 Å². The third kappa shape index (κ3) is 11.8. The van der Waals surface area contributed by atoms with E-state index in [9.17, 15) is 33.9 Å². The van der Waals surface area contributed by atoms with Crippen LogP contribution in [0.5, 0.6) is 5.75 Å². The van der Waals surface area contributed by atoms with Gasteiger partial charge in [0.15, 0.2) is 12.7 Å². The maximum Gasteiger partial charge on any atom is 0.258 e. The Hall–Kier alpha value is -5.02. The molecule has 7 N–H and O–H groups in total. The Kier molecular flexibility index (Phi) is 14.3. The highest BCUT2D eigenvalue weighted by molar-refractivity contribution is 5.95. The number of primary amides is 1. The normalized spacial score (nSPS) is 16.0. The van der Waals surface area contributed by atoms with Crippen LogP contribution in [0, 0.1) is 0 Å². The third-order valence-electron chi connectivity index (χ3n) is 7.95. The fourth-order valence-electron chi connectivity index (χ4n) is 5.47. The molecule has 4 atom stereocenters. The summed E-state index contributed by atoms with van der Waals surface area (Å²) in [6.45, 7) is 5.37. The van der Waals surface area contributed by atoms with Gasteiger partial charge in [0, 0.05) is 24.8 Å². The van der Waals surface area contributed by atoms with E-state index >= 15 is 0 Å². The number of nitrogens with zero attached hydrogens (tertiary/aromatic N) is 2. The van der Waals surface area contributed by atoms with E-state index in [4.69, 9.17) is 10.5 Å². The molecule has 272 valence electrons. The summed E-state index contributed by atoms with van der Waals surface area (Å²) >= 11 is 0. The summed E-state index contributed by atoms with van der Waals surface area (Å²) in [7, 11) is 3.29. The topological polar surface area (TPSA) is 212 Å². The van der Waals surface area contributed by atoms with Crippen molar-refractivity contribution in [1.29, 1.82) is 0 Å². The smallest absolute Gasteiger partial charge is 0.258 e. The second-order valence-corrected chi connectivity index (χ2v) is 13.2. The second-order valence-electron chi connectivity index (χ2n) is 13.2. The lowest BCUT2D eigenvalue weighted by molar-refractivity contribution is -0.147. The molecule has 1 heterocycles. The van der Waals surface area contributed by atoms with Crippen LogP contribution in [0.1, 0.15) is 45.6 Å². The number of rotatable bonds is 16. The Balaban J connectivity index is 1.72. The van der Waals surface area contributed by atoms with Gasteiger partial charge in [0.05, 0.1) is 19.0 Å². The molecule has 2 aromatic carbocycles. The van der Waals surface area contributed by atoms with E-state index in [0.717, 1.165) is 0 Å². The Bertz CT molecular complexity index is 1500. The summed E-state index contributed by atoms with van der Waals surface area (Å²) in [5.41, 5.74) is 6.18. The Morgan fingerprint density at radius 2 is 1.68 bits per heavy atom. The molecule has 0 saturated carbocycles. The molecule has 0 radical (unpaired) electrons. The number of hydrogen-bond acceptors (Lipinski definition) is 9. The van der Waals surface area contributed by atoms with E-state index in [1.54, 1.807) is 68.7 Å². The van der Waals surface area contributed by atoms with E-state index in [1.165, 1.54) is 9.80 Å². The van der Waals surface area contributed by atoms with Crippen molar-refractivity contribution in [3.8, 4) is 5.75 Å². The minimum absolute atomic E-state index is 0.0261. The predicted molar refractivity (Wildman–Crippen MR) is 186 cm³/mol. The second kappa shape index (κ2) is 18.1. The molecule has 50 heavy (non-hydrogen) atoms. The molecule has 1 saturated heterocycles. The Morgan fingerprint density at radius 3 is 2.28 bits per heavy atom. The van der Waals surface area contributed by atoms with Crippen LogP contribution in [0.4, 0.5) is 5.69 Å². The molecule has 0 spiro atoms. The van der Waals surface area contributed by atoms with Crippen LogP contribution in [0.3, 0.4) is 0 Å². The molecule has 0 aliphatic carbocycles. The average molecular weight is 696 g/mol. The first kappa shape index (κ1) is 39.4. The van der Waals surface area contributed by atoms with Crippen molar-refractivity contribution in [3.05, 3.63) is 60.2 Å². The van der Waals surface area contributed by atoms with Crippen molar-refractivity contribution in [2.24, 2.45) is 5.73 Å². The van der Waals surface area contributed by atoms with Gasteiger partial charge in [-0.1, -0.05) is 30.3 Å². The van der Waals surface area contributed by atoms with Gasteiger partial charge < -0.3 is 46.6 Å². The number of amides is 6. The number of nitrogens with two attached hydrogens (primary N) is 1. The number of nitrogens with one attached hydrogen (secondary N) is 4. The Labute approximate surface area is 292 Å². The molecule has 15 nitrogen and oxygen atoms in total. The van der Waals surface area contributed by atoms with Gasteiger partial charge in [-0.3, -0.25) is 28.8 Å². The molecule has 1 aliphatic heterocycles. The van der Waals surface area contributed by atoms with Crippen molar-refractivity contribution >= 4 is 41.1 Å². The number of likely N-dealkylation sites (tertiary alicyclic amines) is 1. The lowest BCUT2D eigenvalue weighted by atomic mass is 9.99. The summed E-state index contributed by atoms with van der Waals surface area (Å²) in [6.07, 6.45) is -1.32. The standard InChI is InChI=1S/C35H49N7O8/c1-35(2,3)40-33(48)27-12-9-17-42(27)34(49)31(46)25(18-22-10-7-6-8-11-22)39-32(47)26(19-28(36)43)38-29(44)21-50-24-15-13-23(14-16-24)41(5)30(45)20-37-4/h6-8,10-11,13-16,25-27,31,37,46H,9,12,17-21H2,1-5H3,(H2,36,43)(H,38,44)(H,39,47)(H,40,48)/t25-,26-,27-,31-/m0/s1. The molecular weight excluding hydrogens is 646 g/mol. The van der Waals surface area contributed by atoms with Gasteiger partial charge >= 0.3 is 0 Å². The van der Waals surface area contributed by atoms with Gasteiger partial charge in [0.2, 0.25) is 23.6 Å². The zero-order valence-electron chi connectivity index (χ0n) is 29.2. The van der Waals surface area contributed by atoms with Crippen LogP contribution < -0.4 is 36.6 Å². The number of carbonyl (C=O) groups excluding carboxylic acids is 6. The highest BCUT2D eigenvalue weighted by Crippen LogP contribution is 2.22. The summed E-state index contributed by atoms with van der Waals surface area (Å²) in [5, 5.41) is 22.1. The number of aliphatic hydroxyl groups is 1. The average Bonchev–Trinajstić information content (AvgIpc) is 3.56. The van der Waals surface area contributed by atoms with Gasteiger partial charge in [-0.25, -0.2) is 0 Å². The van der Waals surface area contributed by atoms with Crippen molar-refractivity contribution in [2.75, 3.05) is 38.7 Å². The molecule has 15 heteroatoms. The monoisotopic (exact) mass is 695 g/mol. The number of ether oxygens (including phenoxy) is 1. The van der Waals surface area contributed by atoms with E-state index in [0.29, 0.717) is 29.8 Å². The zero-order chi connectivity index (χ0) is 37.0. The van der Waals surface area contributed by atoms with Crippen molar-refractivity contribution in [3.63, 3.8) is 0 Å². The van der Waals surface area contributed by atoms with E-state index in [1.807, 2.05) is 20.8 Å². The molecular formula is C35H49N7O8. The maximum atomic E-state index is 13.7. The molecule has 0 unspecified atom stereocenters. The summed E-state index contributed by atoms with van der Waals surface area (Å²) < 4.78 is 5.54. The minimum Gasteiger partial charge on any atom is -0.484 e. The van der Waals surface area contributed by atoms with Crippen LogP contribution in [0.2, 0.25) is 0 Å². The van der Waals surface area contributed by atoms with Crippen LogP contribution in [-0.2, 0) is 35.2 Å². The van der Waals surface area contributed by atoms with Crippen LogP contribution in [-0.4, -0.2) is 109 Å². The minimum atomic E-state index is -1.76. The lowest BCUT2D eigenvalue weighted by Gasteiger charge is -2.32. The molecule has 0 bridgehead atoms. The first-order valence-electron chi connectivity index (χ1n) is 16.5. The van der Waals surface area contributed by atoms with Crippen molar-refractivity contribution in [1.82, 2.24) is 26.2 Å². The summed E-state index contributed by atoms with van der Waals surface area (Å²) in [5.74, 6) is -3.37. The first-order chi connectivity index (χ1) is 23.6. The van der Waals surface area contributed by atoms with Gasteiger partial charge in [-0.05, 0) is 76.9 Å². The van der Waals surface area contributed by atoms with Crippen molar-refractivity contribution in [2.45, 2.75) is 76.2 Å². The van der Waals surface area contributed by atoms with Gasteiger partial charge in [0.25, 0.3) is 11.8 Å². The highest BCUT2D eigenvalue weighted by atomic mass is 16.5. The number of carbonyl (C=O) groups is 6. The molecule has 1 aliphatic rings. The largest absolute Gasteiger partial charge is 0.484 e. The molecule has 6 amide bonds. The fourth-order valence-corrected chi connectivity index (χ4v) is 5.47. The van der Waals surface area contributed by atoms with Crippen LogP contribution >= 0.6 is 0 Å². The summed E-state index contributed by atoms with van der Waals surface area (Å²) in [6, 6.07) is 11.9. The lowest BCUT2D eigenvalue weighted by Crippen LogP contribution is -2.59. The summed E-state index contributed by atoms with van der Waals surface area (Å²) in [4.78, 5) is 79.9. The molecule has 2 aromatic rings. The van der Waals surface area contributed by atoms with Gasteiger partial charge in [0.1, 0.15) is 17.8 Å². The zero-order valence-corrected chi connectivity index (χ0v) is 29.2. The maximum absolute atomic E-state index is 13.7. The quantitative estimate of drug-likeness (QED) is 0.135. The van der Waals surface area contributed by atoms with Crippen molar-refractivity contribution < 1.29 is 38.6 Å². The van der Waals surface area contributed by atoms with E-state index in [2.05, 4.69) is 21.3 Å². The molecule has 0 aromatic heterocycles. The van der Waals surface area contributed by atoms with E-state index < -0.39 is 66.4 Å². The third-order valence-corrected chi connectivity index (χ3v) is 7.95. The SMILES string of the molecule is CNCC(=O)N(C)c1ccc(OCC(=O)N[C@@H](CC(N)=O)C(=O)N[C@@H](Cc2ccccc2)[C@H](O)C(=O)N2CCC[C@H]2C(=O)NC(C)(C)C)cc1.